The molecule has 3 nitrogen and oxygen atoms in total. The average Bonchev–Trinajstić information content (AvgIpc) is 2.31. The third-order valence-electron chi connectivity index (χ3n) is 2.12. The molecule has 18 heavy (non-hydrogen) atoms. The molecule has 6 heteroatoms. The quantitative estimate of drug-likeness (QED) is 0.753. The van der Waals surface area contributed by atoms with Gasteiger partial charge in [-0.15, -0.1) is 12.4 Å². The van der Waals surface area contributed by atoms with Crippen LogP contribution in [0.15, 0.2) is 24.3 Å². The van der Waals surface area contributed by atoms with Gasteiger partial charge in [0.25, 0.3) is 0 Å². The first-order chi connectivity index (χ1) is 8.24. The zero-order valence-corrected chi connectivity index (χ0v) is 11.9. The molecule has 1 aromatic carbocycles. The van der Waals surface area contributed by atoms with E-state index in [4.69, 9.17) is 0 Å². The van der Waals surface area contributed by atoms with Crippen LogP contribution < -0.4 is 10.6 Å². The summed E-state index contributed by atoms with van der Waals surface area (Å²) >= 11 is 1.61. The Balaban J connectivity index is 0.00000289. The minimum atomic E-state index is -0.167. The molecule has 0 heterocycles. The van der Waals surface area contributed by atoms with Crippen molar-refractivity contribution in [2.24, 2.45) is 0 Å². The summed E-state index contributed by atoms with van der Waals surface area (Å²) in [4.78, 5) is 11.1. The van der Waals surface area contributed by atoms with Gasteiger partial charge >= 0.3 is 0 Å². The van der Waals surface area contributed by atoms with Gasteiger partial charge in [-0.1, -0.05) is 18.2 Å². The van der Waals surface area contributed by atoms with E-state index in [0.717, 1.165) is 5.75 Å². The van der Waals surface area contributed by atoms with Crippen molar-refractivity contribution in [1.82, 2.24) is 10.6 Å². The lowest BCUT2D eigenvalue weighted by atomic mass is 10.2. The van der Waals surface area contributed by atoms with E-state index in [0.29, 0.717) is 24.4 Å². The highest BCUT2D eigenvalue weighted by molar-refractivity contribution is 7.98. The molecule has 0 aliphatic heterocycles. The van der Waals surface area contributed by atoms with Crippen molar-refractivity contribution in [1.29, 1.82) is 0 Å². The number of benzene rings is 1. The van der Waals surface area contributed by atoms with Gasteiger partial charge in [-0.2, -0.15) is 11.8 Å². The smallest absolute Gasteiger partial charge is 0.233 e. The number of amides is 1. The monoisotopic (exact) mass is 292 g/mol. The van der Waals surface area contributed by atoms with Crippen molar-refractivity contribution in [3.8, 4) is 0 Å². The van der Waals surface area contributed by atoms with Crippen molar-refractivity contribution in [2.75, 3.05) is 25.9 Å². The summed E-state index contributed by atoms with van der Waals surface area (Å²) in [5.41, 5.74) is 0.707. The maximum atomic E-state index is 13.2. The lowest BCUT2D eigenvalue weighted by Crippen LogP contribution is -2.33. The van der Waals surface area contributed by atoms with Crippen LogP contribution in [0.2, 0.25) is 0 Å². The molecule has 1 amide bonds. The maximum Gasteiger partial charge on any atom is 0.233 e. The van der Waals surface area contributed by atoms with Crippen molar-refractivity contribution in [3.63, 3.8) is 0 Å². The lowest BCUT2D eigenvalue weighted by Gasteiger charge is -2.05. The molecule has 0 aliphatic carbocycles. The summed E-state index contributed by atoms with van der Waals surface area (Å²) in [7, 11) is 1.73. The maximum absolute atomic E-state index is 13.2. The normalized spacial score (nSPS) is 9.67. The van der Waals surface area contributed by atoms with Crippen molar-refractivity contribution in [2.45, 2.75) is 5.75 Å². The van der Waals surface area contributed by atoms with Crippen LogP contribution in [0.4, 0.5) is 4.39 Å². The Bertz CT molecular complexity index is 366. The number of hydrogen-bond acceptors (Lipinski definition) is 3. The Labute approximate surface area is 117 Å². The number of nitrogens with one attached hydrogen (secondary N) is 2. The van der Waals surface area contributed by atoms with Crippen LogP contribution in [-0.4, -0.2) is 31.8 Å². The molecule has 2 N–H and O–H groups in total. The summed E-state index contributed by atoms with van der Waals surface area (Å²) in [5.74, 6) is 1.23. The summed E-state index contributed by atoms with van der Waals surface area (Å²) in [5, 5.41) is 5.54. The predicted octanol–water partition coefficient (Wildman–Crippen LogP) is 1.82. The predicted molar refractivity (Wildman–Crippen MR) is 76.7 cm³/mol. The number of rotatable bonds is 7. The molecule has 0 saturated heterocycles. The summed E-state index contributed by atoms with van der Waals surface area (Å²) in [6, 6.07) is 6.75. The fourth-order valence-electron chi connectivity index (χ4n) is 1.28. The molecular formula is C12H18ClFN2OS. The molecule has 0 bridgehead atoms. The van der Waals surface area contributed by atoms with Crippen LogP contribution in [0.25, 0.3) is 0 Å². The number of likely N-dealkylation sites (N-methyl/N-ethyl adjacent to an activating group) is 1. The zero-order valence-electron chi connectivity index (χ0n) is 10.2. The SMILES string of the molecule is CNCC(=O)NCCSCc1ccccc1F.Cl. The first kappa shape index (κ1) is 17.2. The molecule has 0 fully saturated rings. The molecule has 1 aromatic rings. The van der Waals surface area contributed by atoms with Gasteiger partial charge in [0.15, 0.2) is 0 Å². The van der Waals surface area contributed by atoms with Crippen LogP contribution in [0, 0.1) is 5.82 Å². The summed E-state index contributed by atoms with van der Waals surface area (Å²) in [6.45, 7) is 0.942. The number of carbonyl (C=O) groups excluding carboxylic acids is 1. The van der Waals surface area contributed by atoms with Gasteiger partial charge in [0, 0.05) is 18.1 Å². The number of hydrogen-bond donors (Lipinski definition) is 2. The minimum absolute atomic E-state index is 0. The van der Waals surface area contributed by atoms with Gasteiger partial charge in [0.2, 0.25) is 5.91 Å². The number of halogens is 2. The average molecular weight is 293 g/mol. The minimum Gasteiger partial charge on any atom is -0.354 e. The van der Waals surface area contributed by atoms with Crippen molar-refractivity contribution >= 4 is 30.1 Å². The molecule has 0 unspecified atom stereocenters. The molecule has 0 aromatic heterocycles. The van der Waals surface area contributed by atoms with Gasteiger partial charge in [0.1, 0.15) is 5.82 Å². The topological polar surface area (TPSA) is 41.1 Å². The van der Waals surface area contributed by atoms with E-state index < -0.39 is 0 Å². The van der Waals surface area contributed by atoms with E-state index in [2.05, 4.69) is 10.6 Å². The third kappa shape index (κ3) is 6.83. The molecule has 0 spiro atoms. The number of thioether (sulfide) groups is 1. The van der Waals surface area contributed by atoms with Crippen LogP contribution in [0.5, 0.6) is 0 Å². The molecule has 0 radical (unpaired) electrons. The zero-order chi connectivity index (χ0) is 12.5. The van der Waals surface area contributed by atoms with Crippen LogP contribution in [0.3, 0.4) is 0 Å². The van der Waals surface area contributed by atoms with E-state index in [1.54, 1.807) is 30.9 Å². The molecule has 1 rings (SSSR count). The molecular weight excluding hydrogens is 275 g/mol. The molecule has 0 saturated carbocycles. The highest BCUT2D eigenvalue weighted by Crippen LogP contribution is 2.14. The first-order valence-electron chi connectivity index (χ1n) is 5.46. The first-order valence-corrected chi connectivity index (χ1v) is 6.62. The van der Waals surface area contributed by atoms with E-state index in [1.165, 1.54) is 6.07 Å². The van der Waals surface area contributed by atoms with E-state index >= 15 is 0 Å². The van der Waals surface area contributed by atoms with Gasteiger partial charge in [-0.05, 0) is 18.7 Å². The molecule has 0 aliphatic rings. The van der Waals surface area contributed by atoms with Crippen LogP contribution in [0.1, 0.15) is 5.56 Å². The van der Waals surface area contributed by atoms with Crippen LogP contribution in [-0.2, 0) is 10.5 Å². The van der Waals surface area contributed by atoms with E-state index in [-0.39, 0.29) is 24.1 Å². The summed E-state index contributed by atoms with van der Waals surface area (Å²) in [6.07, 6.45) is 0. The van der Waals surface area contributed by atoms with E-state index in [1.807, 2.05) is 6.07 Å². The highest BCUT2D eigenvalue weighted by Gasteiger charge is 2.01. The Hall–Kier alpha value is -0.780. The second kappa shape index (κ2) is 10.2. The highest BCUT2D eigenvalue weighted by atomic mass is 35.5. The largest absolute Gasteiger partial charge is 0.354 e. The number of carbonyl (C=O) groups is 1. The van der Waals surface area contributed by atoms with Gasteiger partial charge in [0.05, 0.1) is 6.54 Å². The van der Waals surface area contributed by atoms with E-state index in [9.17, 15) is 9.18 Å². The fraction of sp³-hybridized carbons (Fsp3) is 0.417. The Kier molecular flexibility index (Phi) is 9.73. The molecule has 0 atom stereocenters. The van der Waals surface area contributed by atoms with Crippen LogP contribution >= 0.6 is 24.2 Å². The van der Waals surface area contributed by atoms with Crippen molar-refractivity contribution < 1.29 is 9.18 Å². The fourth-order valence-corrected chi connectivity index (χ4v) is 2.13. The van der Waals surface area contributed by atoms with Gasteiger partial charge in [-0.3, -0.25) is 4.79 Å². The van der Waals surface area contributed by atoms with Crippen molar-refractivity contribution in [3.05, 3.63) is 35.6 Å². The lowest BCUT2D eigenvalue weighted by molar-refractivity contribution is -0.120. The third-order valence-corrected chi connectivity index (χ3v) is 3.13. The Morgan fingerprint density at radius 2 is 2.11 bits per heavy atom. The van der Waals surface area contributed by atoms with Gasteiger partial charge in [-0.25, -0.2) is 4.39 Å². The summed E-state index contributed by atoms with van der Waals surface area (Å²) < 4.78 is 13.2. The Morgan fingerprint density at radius 3 is 2.78 bits per heavy atom. The standard InChI is InChI=1S/C12H17FN2OS.ClH/c1-14-8-12(16)15-6-7-17-9-10-4-2-3-5-11(10)13;/h2-5,14H,6-9H2,1H3,(H,15,16);1H. The molecule has 102 valence electrons. The second-order valence-corrected chi connectivity index (χ2v) is 4.63. The second-order valence-electron chi connectivity index (χ2n) is 3.52. The van der Waals surface area contributed by atoms with Gasteiger partial charge < -0.3 is 10.6 Å². The Morgan fingerprint density at radius 1 is 1.39 bits per heavy atom.